The van der Waals surface area contributed by atoms with Crippen LogP contribution in [-0.4, -0.2) is 8.42 Å². The molecular weight excluding hydrogens is 270 g/mol. The molecule has 0 fully saturated rings. The summed E-state index contributed by atoms with van der Waals surface area (Å²) in [5, 5.41) is 0. The summed E-state index contributed by atoms with van der Waals surface area (Å²) < 4.78 is 25.2. The van der Waals surface area contributed by atoms with Crippen LogP contribution in [0.15, 0.2) is 41.3 Å². The van der Waals surface area contributed by atoms with Crippen LogP contribution in [0.5, 0.6) is 0 Å². The molecule has 0 saturated heterocycles. The van der Waals surface area contributed by atoms with Crippen LogP contribution >= 0.6 is 0 Å². The Kier molecular flexibility index (Phi) is 3.86. The summed E-state index contributed by atoms with van der Waals surface area (Å²) in [6.07, 6.45) is 0. The predicted molar refractivity (Wildman–Crippen MR) is 82.4 cm³/mol. The number of hydrogen-bond donors (Lipinski definition) is 1. The van der Waals surface area contributed by atoms with Crippen LogP contribution in [0.25, 0.3) is 0 Å². The first-order valence-corrected chi connectivity index (χ1v) is 8.11. The van der Waals surface area contributed by atoms with Gasteiger partial charge in [-0.2, -0.15) is 0 Å². The molecule has 0 unspecified atom stereocenters. The van der Waals surface area contributed by atoms with E-state index in [0.717, 1.165) is 16.7 Å². The number of anilines is 1. The van der Waals surface area contributed by atoms with Crippen LogP contribution < -0.4 is 5.73 Å². The van der Waals surface area contributed by atoms with E-state index < -0.39 is 9.84 Å². The number of nitrogen functional groups attached to an aromatic ring is 1. The van der Waals surface area contributed by atoms with Gasteiger partial charge < -0.3 is 5.73 Å². The maximum Gasteiger partial charge on any atom is 0.182 e. The summed E-state index contributed by atoms with van der Waals surface area (Å²) in [4.78, 5) is 0.320. The molecule has 0 bridgehead atoms. The zero-order valence-corrected chi connectivity index (χ0v) is 12.8. The molecule has 20 heavy (non-hydrogen) atoms. The molecule has 0 amide bonds. The zero-order chi connectivity index (χ0) is 14.9. The van der Waals surface area contributed by atoms with Crippen molar-refractivity contribution in [2.75, 3.05) is 5.73 Å². The Hall–Kier alpha value is -1.81. The molecule has 0 aliphatic rings. The third kappa shape index (κ3) is 2.70. The lowest BCUT2D eigenvalue weighted by Crippen LogP contribution is -2.10. The van der Waals surface area contributed by atoms with Gasteiger partial charge in [0.2, 0.25) is 0 Å². The first kappa shape index (κ1) is 14.6. The Morgan fingerprint density at radius 2 is 1.50 bits per heavy atom. The fraction of sp³-hybridized carbons (Fsp3) is 0.250. The number of nitrogens with two attached hydrogens (primary N) is 1. The zero-order valence-electron chi connectivity index (χ0n) is 12.0. The van der Waals surface area contributed by atoms with Crippen molar-refractivity contribution in [2.45, 2.75) is 31.4 Å². The highest BCUT2D eigenvalue weighted by atomic mass is 32.2. The second-order valence-corrected chi connectivity index (χ2v) is 7.06. The van der Waals surface area contributed by atoms with Crippen molar-refractivity contribution in [3.05, 3.63) is 58.7 Å². The molecule has 0 aliphatic heterocycles. The van der Waals surface area contributed by atoms with E-state index in [4.69, 9.17) is 5.73 Å². The van der Waals surface area contributed by atoms with Gasteiger partial charge in [0, 0.05) is 5.69 Å². The molecule has 106 valence electrons. The summed E-state index contributed by atoms with van der Waals surface area (Å²) in [6.45, 7) is 5.61. The van der Waals surface area contributed by atoms with E-state index >= 15 is 0 Å². The topological polar surface area (TPSA) is 60.2 Å². The Morgan fingerprint density at radius 3 is 2.10 bits per heavy atom. The largest absolute Gasteiger partial charge is 0.398 e. The average Bonchev–Trinajstić information content (AvgIpc) is 2.37. The SMILES string of the molecule is Cc1cccc(C)c1CS(=O)(=O)c1cccc(N)c1C. The minimum Gasteiger partial charge on any atom is -0.398 e. The van der Waals surface area contributed by atoms with Crippen LogP contribution in [0.2, 0.25) is 0 Å². The number of aryl methyl sites for hydroxylation is 2. The molecule has 0 aliphatic carbocycles. The van der Waals surface area contributed by atoms with Crippen LogP contribution in [0.4, 0.5) is 5.69 Å². The van der Waals surface area contributed by atoms with Crippen molar-refractivity contribution >= 4 is 15.5 Å². The third-order valence-electron chi connectivity index (χ3n) is 3.64. The molecule has 0 heterocycles. The van der Waals surface area contributed by atoms with Gasteiger partial charge in [0.25, 0.3) is 0 Å². The van der Waals surface area contributed by atoms with Crippen LogP contribution in [0, 0.1) is 20.8 Å². The summed E-state index contributed by atoms with van der Waals surface area (Å²) in [6, 6.07) is 10.8. The lowest BCUT2D eigenvalue weighted by atomic mass is 10.1. The summed E-state index contributed by atoms with van der Waals surface area (Å²) in [7, 11) is -3.39. The normalized spacial score (nSPS) is 11.6. The van der Waals surface area contributed by atoms with E-state index in [1.54, 1.807) is 25.1 Å². The predicted octanol–water partition coefficient (Wildman–Crippen LogP) is 3.17. The Labute approximate surface area is 120 Å². The summed E-state index contributed by atoms with van der Waals surface area (Å²) in [5.41, 5.74) is 9.80. The molecule has 0 radical (unpaired) electrons. The van der Waals surface area contributed by atoms with Gasteiger partial charge in [-0.05, 0) is 55.2 Å². The quantitative estimate of drug-likeness (QED) is 0.883. The van der Waals surface area contributed by atoms with E-state index in [0.29, 0.717) is 16.1 Å². The van der Waals surface area contributed by atoms with Crippen molar-refractivity contribution in [1.82, 2.24) is 0 Å². The lowest BCUT2D eigenvalue weighted by Gasteiger charge is -2.13. The van der Waals surface area contributed by atoms with Gasteiger partial charge in [-0.3, -0.25) is 0 Å². The van der Waals surface area contributed by atoms with Gasteiger partial charge in [0.05, 0.1) is 10.6 Å². The van der Waals surface area contributed by atoms with Gasteiger partial charge in [-0.1, -0.05) is 24.3 Å². The number of sulfone groups is 1. The average molecular weight is 289 g/mol. The van der Waals surface area contributed by atoms with E-state index in [1.165, 1.54) is 0 Å². The summed E-state index contributed by atoms with van der Waals surface area (Å²) in [5.74, 6) is 0.00972. The highest BCUT2D eigenvalue weighted by Gasteiger charge is 2.20. The monoisotopic (exact) mass is 289 g/mol. The smallest absolute Gasteiger partial charge is 0.182 e. The van der Waals surface area contributed by atoms with E-state index in [2.05, 4.69) is 0 Å². The third-order valence-corrected chi connectivity index (χ3v) is 5.42. The van der Waals surface area contributed by atoms with E-state index in [1.807, 2.05) is 32.0 Å². The minimum atomic E-state index is -3.39. The Balaban J connectivity index is 2.50. The second kappa shape index (κ2) is 5.29. The number of rotatable bonds is 3. The first-order valence-electron chi connectivity index (χ1n) is 6.46. The molecule has 2 N–H and O–H groups in total. The maximum atomic E-state index is 12.6. The van der Waals surface area contributed by atoms with Crippen LogP contribution in [-0.2, 0) is 15.6 Å². The lowest BCUT2D eigenvalue weighted by molar-refractivity contribution is 0.594. The standard InChI is InChI=1S/C16H19NO2S/c1-11-6-4-7-12(2)14(11)10-20(18,19)16-9-5-8-15(17)13(16)3/h4-9H,10,17H2,1-3H3. The van der Waals surface area contributed by atoms with Crippen molar-refractivity contribution in [2.24, 2.45) is 0 Å². The molecule has 0 aromatic heterocycles. The minimum absolute atomic E-state index is 0.00972. The summed E-state index contributed by atoms with van der Waals surface area (Å²) >= 11 is 0. The van der Waals surface area contributed by atoms with Crippen molar-refractivity contribution in [1.29, 1.82) is 0 Å². The van der Waals surface area contributed by atoms with Crippen molar-refractivity contribution < 1.29 is 8.42 Å². The first-order chi connectivity index (χ1) is 9.33. The highest BCUT2D eigenvalue weighted by molar-refractivity contribution is 7.90. The van der Waals surface area contributed by atoms with Crippen molar-refractivity contribution in [3.8, 4) is 0 Å². The molecular formula is C16H19NO2S. The van der Waals surface area contributed by atoms with Gasteiger partial charge in [0.15, 0.2) is 9.84 Å². The molecule has 4 heteroatoms. The van der Waals surface area contributed by atoms with Crippen molar-refractivity contribution in [3.63, 3.8) is 0 Å². The van der Waals surface area contributed by atoms with Gasteiger partial charge in [-0.25, -0.2) is 8.42 Å². The molecule has 0 atom stereocenters. The van der Waals surface area contributed by atoms with Gasteiger partial charge in [0.1, 0.15) is 0 Å². The second-order valence-electron chi connectivity index (χ2n) is 5.10. The number of hydrogen-bond acceptors (Lipinski definition) is 3. The maximum absolute atomic E-state index is 12.6. The highest BCUT2D eigenvalue weighted by Crippen LogP contribution is 2.26. The number of benzene rings is 2. The molecule has 2 aromatic rings. The molecule has 2 rings (SSSR count). The fourth-order valence-corrected chi connectivity index (χ4v) is 4.17. The van der Waals surface area contributed by atoms with Gasteiger partial charge in [-0.15, -0.1) is 0 Å². The van der Waals surface area contributed by atoms with Crippen LogP contribution in [0.3, 0.4) is 0 Å². The molecule has 2 aromatic carbocycles. The van der Waals surface area contributed by atoms with E-state index in [-0.39, 0.29) is 5.75 Å². The Morgan fingerprint density at radius 1 is 0.950 bits per heavy atom. The molecule has 0 saturated carbocycles. The molecule has 0 spiro atoms. The van der Waals surface area contributed by atoms with Gasteiger partial charge >= 0.3 is 0 Å². The fourth-order valence-electron chi connectivity index (χ4n) is 2.31. The molecule has 3 nitrogen and oxygen atoms in total. The Bertz CT molecular complexity index is 729. The van der Waals surface area contributed by atoms with Crippen LogP contribution in [0.1, 0.15) is 22.3 Å². The van der Waals surface area contributed by atoms with E-state index in [9.17, 15) is 8.42 Å².